The first-order valence-corrected chi connectivity index (χ1v) is 6.64. The van der Waals surface area contributed by atoms with Gasteiger partial charge in [-0.25, -0.2) is 10.8 Å². The minimum atomic E-state index is 0.374. The first-order valence-electron chi connectivity index (χ1n) is 6.26. The largest absolute Gasteiger partial charge is 0.365 e. The molecule has 2 heterocycles. The van der Waals surface area contributed by atoms with Gasteiger partial charge in [0.15, 0.2) is 5.82 Å². The zero-order valence-electron chi connectivity index (χ0n) is 10.1. The molecule has 98 valence electrons. The van der Waals surface area contributed by atoms with Crippen LogP contribution in [0, 0.1) is 0 Å². The molecule has 18 heavy (non-hydrogen) atoms. The molecule has 1 saturated heterocycles. The number of aromatic nitrogens is 2. The van der Waals surface area contributed by atoms with Crippen molar-refractivity contribution in [2.45, 2.75) is 31.3 Å². The molecule has 1 aliphatic carbocycles. The van der Waals surface area contributed by atoms with Gasteiger partial charge in [0.2, 0.25) is 5.95 Å². The monoisotopic (exact) mass is 268 g/mol. The highest BCUT2D eigenvalue weighted by atomic mass is 35.5. The molecule has 6 nitrogen and oxygen atoms in total. The van der Waals surface area contributed by atoms with Crippen LogP contribution in [0.15, 0.2) is 6.20 Å². The van der Waals surface area contributed by atoms with Gasteiger partial charge in [0.05, 0.1) is 6.20 Å². The minimum Gasteiger partial charge on any atom is -0.365 e. The molecule has 2 aliphatic rings. The van der Waals surface area contributed by atoms with E-state index in [0.717, 1.165) is 25.6 Å². The van der Waals surface area contributed by atoms with E-state index < -0.39 is 0 Å². The van der Waals surface area contributed by atoms with Crippen molar-refractivity contribution in [3.8, 4) is 0 Å². The molecule has 0 radical (unpaired) electrons. The third-order valence-electron chi connectivity index (χ3n) is 3.50. The van der Waals surface area contributed by atoms with Crippen LogP contribution in [0.5, 0.6) is 0 Å². The van der Waals surface area contributed by atoms with E-state index >= 15 is 0 Å². The van der Waals surface area contributed by atoms with Gasteiger partial charge in [-0.15, -0.1) is 0 Å². The van der Waals surface area contributed by atoms with E-state index in [0.29, 0.717) is 22.8 Å². The summed E-state index contributed by atoms with van der Waals surface area (Å²) < 4.78 is 0. The Morgan fingerprint density at radius 1 is 1.39 bits per heavy atom. The van der Waals surface area contributed by atoms with E-state index in [4.69, 9.17) is 17.4 Å². The van der Waals surface area contributed by atoms with Crippen molar-refractivity contribution in [1.82, 2.24) is 14.9 Å². The molecule has 0 spiro atoms. The van der Waals surface area contributed by atoms with E-state index in [1.807, 2.05) is 0 Å². The van der Waals surface area contributed by atoms with Gasteiger partial charge in [-0.05, 0) is 19.3 Å². The topological polar surface area (TPSA) is 79.1 Å². The Morgan fingerprint density at radius 3 is 2.94 bits per heavy atom. The van der Waals surface area contributed by atoms with E-state index in [2.05, 4.69) is 25.6 Å². The molecule has 1 aliphatic heterocycles. The number of rotatable bonds is 4. The SMILES string of the molecule is NNc1ncc(Cl)c(NC2CCN(C3CC3)C2)n1. The zero-order valence-corrected chi connectivity index (χ0v) is 10.8. The third-order valence-corrected chi connectivity index (χ3v) is 3.77. The molecular weight excluding hydrogens is 252 g/mol. The average Bonchev–Trinajstić information content (AvgIpc) is 3.13. The summed E-state index contributed by atoms with van der Waals surface area (Å²) >= 11 is 6.07. The van der Waals surface area contributed by atoms with Crippen molar-refractivity contribution in [3.63, 3.8) is 0 Å². The highest BCUT2D eigenvalue weighted by molar-refractivity contribution is 6.32. The average molecular weight is 269 g/mol. The summed E-state index contributed by atoms with van der Waals surface area (Å²) in [7, 11) is 0. The normalized spacial score (nSPS) is 24.2. The third kappa shape index (κ3) is 2.50. The Kier molecular flexibility index (Phi) is 3.23. The summed E-state index contributed by atoms with van der Waals surface area (Å²) in [6, 6.07) is 1.22. The van der Waals surface area contributed by atoms with Gasteiger partial charge >= 0.3 is 0 Å². The first-order chi connectivity index (χ1) is 8.76. The first kappa shape index (κ1) is 12.0. The van der Waals surface area contributed by atoms with Crippen LogP contribution < -0.4 is 16.6 Å². The number of hydrogen-bond donors (Lipinski definition) is 3. The molecule has 1 aromatic heterocycles. The van der Waals surface area contributed by atoms with Crippen molar-refractivity contribution in [3.05, 3.63) is 11.2 Å². The van der Waals surface area contributed by atoms with E-state index in [1.165, 1.54) is 12.8 Å². The number of nitrogen functional groups attached to an aromatic ring is 1. The standard InChI is InChI=1S/C11H17ClN6/c12-9-5-14-11(17-13)16-10(9)15-7-3-4-18(6-7)8-1-2-8/h5,7-8H,1-4,6,13H2,(H2,14,15,16,17). The van der Waals surface area contributed by atoms with Crippen molar-refractivity contribution in [1.29, 1.82) is 0 Å². The van der Waals surface area contributed by atoms with E-state index in [1.54, 1.807) is 6.20 Å². The highest BCUT2D eigenvalue weighted by Crippen LogP contribution is 2.31. The lowest BCUT2D eigenvalue weighted by Gasteiger charge is -2.16. The van der Waals surface area contributed by atoms with Gasteiger partial charge in [-0.2, -0.15) is 4.98 Å². The van der Waals surface area contributed by atoms with Crippen LogP contribution in [0.25, 0.3) is 0 Å². The summed E-state index contributed by atoms with van der Waals surface area (Å²) in [5.74, 6) is 6.32. The van der Waals surface area contributed by atoms with Gasteiger partial charge in [-0.1, -0.05) is 11.6 Å². The van der Waals surface area contributed by atoms with Crippen LogP contribution in [-0.2, 0) is 0 Å². The molecule has 1 saturated carbocycles. The summed E-state index contributed by atoms with van der Waals surface area (Å²) in [5.41, 5.74) is 2.43. The number of nitrogens with one attached hydrogen (secondary N) is 2. The van der Waals surface area contributed by atoms with E-state index in [9.17, 15) is 0 Å². The van der Waals surface area contributed by atoms with Crippen LogP contribution >= 0.6 is 11.6 Å². The van der Waals surface area contributed by atoms with Crippen molar-refractivity contribution < 1.29 is 0 Å². The summed E-state index contributed by atoms with van der Waals surface area (Å²) in [5, 5.41) is 3.90. The lowest BCUT2D eigenvalue weighted by molar-refractivity contribution is 0.326. The van der Waals surface area contributed by atoms with Crippen LogP contribution in [0.3, 0.4) is 0 Å². The molecular formula is C11H17ClN6. The Morgan fingerprint density at radius 2 is 2.22 bits per heavy atom. The number of anilines is 2. The van der Waals surface area contributed by atoms with Gasteiger partial charge in [0.25, 0.3) is 0 Å². The van der Waals surface area contributed by atoms with Crippen molar-refractivity contribution >= 4 is 23.4 Å². The molecule has 7 heteroatoms. The summed E-state index contributed by atoms with van der Waals surface area (Å²) in [6.07, 6.45) is 5.38. The van der Waals surface area contributed by atoms with Crippen LogP contribution in [-0.4, -0.2) is 40.0 Å². The molecule has 1 aromatic rings. The molecule has 0 amide bonds. The van der Waals surface area contributed by atoms with Crippen LogP contribution in [0.2, 0.25) is 5.02 Å². The van der Waals surface area contributed by atoms with Crippen LogP contribution in [0.4, 0.5) is 11.8 Å². The second-order valence-electron chi connectivity index (χ2n) is 4.89. The maximum Gasteiger partial charge on any atom is 0.239 e. The fourth-order valence-electron chi connectivity index (χ4n) is 2.41. The fourth-order valence-corrected chi connectivity index (χ4v) is 2.55. The Hall–Kier alpha value is -1.11. The number of likely N-dealkylation sites (tertiary alicyclic amines) is 1. The predicted octanol–water partition coefficient (Wildman–Crippen LogP) is 1.06. The second kappa shape index (κ2) is 4.87. The molecule has 1 atom stereocenters. The van der Waals surface area contributed by atoms with Crippen molar-refractivity contribution in [2.75, 3.05) is 23.8 Å². The van der Waals surface area contributed by atoms with E-state index in [-0.39, 0.29) is 0 Å². The quantitative estimate of drug-likeness (QED) is 0.560. The lowest BCUT2D eigenvalue weighted by atomic mass is 10.2. The Bertz CT molecular complexity index is 436. The van der Waals surface area contributed by atoms with Gasteiger partial charge in [-0.3, -0.25) is 10.3 Å². The fraction of sp³-hybridized carbons (Fsp3) is 0.636. The molecule has 0 aromatic carbocycles. The molecule has 3 rings (SSSR count). The minimum absolute atomic E-state index is 0.374. The Labute approximate surface area is 111 Å². The lowest BCUT2D eigenvalue weighted by Crippen LogP contribution is -2.28. The van der Waals surface area contributed by atoms with Gasteiger partial charge in [0, 0.05) is 25.2 Å². The molecule has 0 bridgehead atoms. The molecule has 2 fully saturated rings. The maximum absolute atomic E-state index is 6.07. The molecule has 4 N–H and O–H groups in total. The smallest absolute Gasteiger partial charge is 0.239 e. The van der Waals surface area contributed by atoms with Crippen LogP contribution in [0.1, 0.15) is 19.3 Å². The maximum atomic E-state index is 6.07. The summed E-state index contributed by atoms with van der Waals surface area (Å²) in [4.78, 5) is 10.7. The van der Waals surface area contributed by atoms with Gasteiger partial charge in [0.1, 0.15) is 5.02 Å². The number of nitrogens with two attached hydrogens (primary N) is 1. The Balaban J connectivity index is 1.65. The number of hydrogen-bond acceptors (Lipinski definition) is 6. The highest BCUT2D eigenvalue weighted by Gasteiger charge is 2.34. The van der Waals surface area contributed by atoms with Crippen molar-refractivity contribution in [2.24, 2.45) is 5.84 Å². The predicted molar refractivity (Wildman–Crippen MR) is 71.5 cm³/mol. The zero-order chi connectivity index (χ0) is 12.5. The number of halogens is 1. The molecule has 1 unspecified atom stereocenters. The second-order valence-corrected chi connectivity index (χ2v) is 5.30. The summed E-state index contributed by atoms with van der Waals surface area (Å²) in [6.45, 7) is 2.23. The van der Waals surface area contributed by atoms with Gasteiger partial charge < -0.3 is 5.32 Å². The number of nitrogens with zero attached hydrogens (tertiary/aromatic N) is 3. The number of hydrazine groups is 1.